The van der Waals surface area contributed by atoms with E-state index in [9.17, 15) is 26.8 Å². The van der Waals surface area contributed by atoms with Crippen LogP contribution < -0.4 is 10.6 Å². The van der Waals surface area contributed by atoms with Crippen molar-refractivity contribution in [3.63, 3.8) is 0 Å². The molecule has 1 aromatic rings. The van der Waals surface area contributed by atoms with Gasteiger partial charge in [-0.3, -0.25) is 14.6 Å². The second-order valence-electron chi connectivity index (χ2n) is 11.3. The van der Waals surface area contributed by atoms with Gasteiger partial charge in [0.15, 0.2) is 0 Å². The number of rotatable bonds is 8. The quantitative estimate of drug-likeness (QED) is 0.508. The fraction of sp³-hybridized carbons (Fsp3) is 0.667. The Labute approximate surface area is 223 Å². The first-order valence-corrected chi connectivity index (χ1v) is 15.0. The van der Waals surface area contributed by atoms with E-state index in [1.165, 1.54) is 11.2 Å². The lowest BCUT2D eigenvalue weighted by Crippen LogP contribution is -2.51. The second-order valence-corrected chi connectivity index (χ2v) is 13.4. The van der Waals surface area contributed by atoms with Crippen LogP contribution in [0, 0.1) is 18.8 Å². The third kappa shape index (κ3) is 6.77. The first-order valence-electron chi connectivity index (χ1n) is 13.4. The van der Waals surface area contributed by atoms with Gasteiger partial charge in [-0.15, -0.1) is 0 Å². The zero-order chi connectivity index (χ0) is 27.7. The highest BCUT2D eigenvalue weighted by atomic mass is 32.2. The van der Waals surface area contributed by atoms with Crippen LogP contribution in [0.1, 0.15) is 69.9 Å². The Morgan fingerprint density at radius 1 is 1.21 bits per heavy atom. The van der Waals surface area contributed by atoms with Crippen LogP contribution in [-0.2, 0) is 26.0 Å². The zero-order valence-corrected chi connectivity index (χ0v) is 23.2. The molecule has 0 radical (unpaired) electrons. The molecule has 2 fully saturated rings. The maximum absolute atomic E-state index is 13.4. The third-order valence-corrected chi connectivity index (χ3v) is 9.99. The van der Waals surface area contributed by atoms with Crippen molar-refractivity contribution in [1.82, 2.24) is 9.62 Å². The van der Waals surface area contributed by atoms with E-state index in [2.05, 4.69) is 10.6 Å². The second kappa shape index (κ2) is 11.0. The van der Waals surface area contributed by atoms with Crippen molar-refractivity contribution in [2.45, 2.75) is 83.6 Å². The minimum atomic E-state index is -3.52. The van der Waals surface area contributed by atoms with Crippen LogP contribution in [-0.4, -0.2) is 60.7 Å². The van der Waals surface area contributed by atoms with Crippen molar-refractivity contribution in [2.24, 2.45) is 16.8 Å². The average molecular weight is 553 g/mol. The highest BCUT2D eigenvalue weighted by Crippen LogP contribution is 2.38. The molecule has 1 saturated heterocycles. The summed E-state index contributed by atoms with van der Waals surface area (Å²) in [5.74, 6) is -2.35. The molecule has 0 bridgehead atoms. The van der Waals surface area contributed by atoms with Crippen molar-refractivity contribution in [3.8, 4) is 0 Å². The van der Waals surface area contributed by atoms with Gasteiger partial charge in [0.05, 0.1) is 5.75 Å². The van der Waals surface area contributed by atoms with E-state index in [4.69, 9.17) is 4.99 Å². The molecule has 11 heteroatoms. The molecule has 8 nitrogen and oxygen atoms in total. The molecule has 2 amide bonds. The minimum absolute atomic E-state index is 0.00899. The van der Waals surface area contributed by atoms with E-state index in [0.717, 1.165) is 30.9 Å². The van der Waals surface area contributed by atoms with Gasteiger partial charge in [0.2, 0.25) is 21.9 Å². The molecule has 1 aliphatic carbocycles. The van der Waals surface area contributed by atoms with Crippen LogP contribution in [0.4, 0.5) is 14.5 Å². The molecule has 1 spiro atoms. The number of hydrogen-bond acceptors (Lipinski definition) is 5. The lowest BCUT2D eigenvalue weighted by atomic mass is 9.79. The van der Waals surface area contributed by atoms with E-state index in [1.807, 2.05) is 19.1 Å². The number of carbonyl (C=O) groups is 2. The maximum Gasteiger partial charge on any atom is 0.253 e. The van der Waals surface area contributed by atoms with Crippen molar-refractivity contribution in [1.29, 1.82) is 0 Å². The number of amides is 2. The van der Waals surface area contributed by atoms with E-state index >= 15 is 0 Å². The molecular weight excluding hydrogens is 514 g/mol. The molecule has 1 aromatic carbocycles. The first-order chi connectivity index (χ1) is 17.8. The molecule has 0 aromatic heterocycles. The molecule has 3 aliphatic rings. The fourth-order valence-electron chi connectivity index (χ4n) is 5.98. The van der Waals surface area contributed by atoms with E-state index in [1.54, 1.807) is 6.07 Å². The predicted molar refractivity (Wildman–Crippen MR) is 143 cm³/mol. The number of nitrogens with zero attached hydrogens (tertiary/aromatic N) is 2. The van der Waals surface area contributed by atoms with Gasteiger partial charge in [-0.2, -0.15) is 0 Å². The molecule has 0 unspecified atom stereocenters. The number of hydrogen-bond donors (Lipinski definition) is 2. The van der Waals surface area contributed by atoms with Crippen molar-refractivity contribution >= 4 is 33.4 Å². The fourth-order valence-corrected chi connectivity index (χ4v) is 7.46. The number of piperidine rings is 1. The molecule has 0 atom stereocenters. The Bertz CT molecular complexity index is 1200. The summed E-state index contributed by atoms with van der Waals surface area (Å²) in [6, 6.07) is 5.43. The molecule has 2 aliphatic heterocycles. The Kier molecular flexibility index (Phi) is 8.28. The van der Waals surface area contributed by atoms with Gasteiger partial charge in [-0.1, -0.05) is 6.07 Å². The Morgan fingerprint density at radius 2 is 1.87 bits per heavy atom. The Balaban J connectivity index is 1.32. The summed E-state index contributed by atoms with van der Waals surface area (Å²) in [4.78, 5) is 29.0. The largest absolute Gasteiger partial charge is 0.326 e. The topological polar surface area (TPSA) is 108 Å². The van der Waals surface area contributed by atoms with Crippen LogP contribution in [0.25, 0.3) is 0 Å². The molecule has 38 heavy (non-hydrogen) atoms. The molecule has 2 heterocycles. The maximum atomic E-state index is 13.4. The number of sulfonamides is 1. The molecular formula is C27H38F2N4O4S. The number of alkyl halides is 2. The van der Waals surface area contributed by atoms with Gasteiger partial charge in [0.1, 0.15) is 11.4 Å². The highest BCUT2D eigenvalue weighted by molar-refractivity contribution is 7.89. The number of halogens is 2. The van der Waals surface area contributed by atoms with Gasteiger partial charge in [0, 0.05) is 38.0 Å². The first kappa shape index (κ1) is 28.6. The zero-order valence-electron chi connectivity index (χ0n) is 22.4. The van der Waals surface area contributed by atoms with Gasteiger partial charge >= 0.3 is 0 Å². The Morgan fingerprint density at radius 3 is 2.45 bits per heavy atom. The van der Waals surface area contributed by atoms with Gasteiger partial charge < -0.3 is 10.6 Å². The summed E-state index contributed by atoms with van der Waals surface area (Å²) in [5, 5.41) is 5.66. The summed E-state index contributed by atoms with van der Waals surface area (Å²) in [7, 11) is -3.52. The highest BCUT2D eigenvalue weighted by Gasteiger charge is 2.48. The number of aryl methyl sites for hydroxylation is 2. The molecule has 210 valence electrons. The van der Waals surface area contributed by atoms with Gasteiger partial charge in [0.25, 0.3) is 5.91 Å². The van der Waals surface area contributed by atoms with Crippen molar-refractivity contribution < 1.29 is 26.8 Å². The van der Waals surface area contributed by atoms with E-state index in [0.29, 0.717) is 43.6 Å². The number of amidine groups is 1. The normalized spacial score (nSPS) is 24.2. The van der Waals surface area contributed by atoms with Crippen LogP contribution in [0.3, 0.4) is 0 Å². The number of aliphatic imine (C=N–C) groups is 1. The van der Waals surface area contributed by atoms with Crippen LogP contribution in [0.15, 0.2) is 23.2 Å². The summed E-state index contributed by atoms with van der Waals surface area (Å²) in [5.41, 5.74) is 1.54. The number of anilines is 1. The van der Waals surface area contributed by atoms with E-state index in [-0.39, 0.29) is 48.9 Å². The molecule has 2 N–H and O–H groups in total. The minimum Gasteiger partial charge on any atom is -0.326 e. The Hall–Kier alpha value is -2.40. The monoisotopic (exact) mass is 552 g/mol. The SMILES string of the molecule is CC(=O)Nc1ccc(CCS(=O)(=O)N2CCC3(CC2)N=C([C@H]2CC[C@@H](CC(C)(F)F)CC2)NC3=O)c(C)c1. The van der Waals surface area contributed by atoms with E-state index < -0.39 is 21.5 Å². The predicted octanol–water partition coefficient (Wildman–Crippen LogP) is 4.04. The standard InChI is InChI=1S/C27H38F2N4O4S/c1-18-16-23(30-19(2)34)9-8-21(18)10-15-38(36,37)33-13-11-27(12-14-33)25(35)31-24(32-27)22-6-4-20(5-7-22)17-26(3,28)29/h8-9,16,20,22H,4-7,10-15,17H2,1-3H3,(H,30,34)(H,31,32,35)/t20-,22+. The van der Waals surface area contributed by atoms with Crippen LogP contribution in [0.2, 0.25) is 0 Å². The van der Waals surface area contributed by atoms with Gasteiger partial charge in [-0.05, 0) is 88.0 Å². The molecule has 4 rings (SSSR count). The molecule has 1 saturated carbocycles. The van der Waals surface area contributed by atoms with Crippen molar-refractivity contribution in [2.75, 3.05) is 24.2 Å². The number of nitrogens with one attached hydrogen (secondary N) is 2. The summed E-state index contributed by atoms with van der Waals surface area (Å²) in [6.07, 6.45) is 3.73. The summed E-state index contributed by atoms with van der Waals surface area (Å²) >= 11 is 0. The van der Waals surface area contributed by atoms with Crippen LogP contribution in [0.5, 0.6) is 0 Å². The smallest absolute Gasteiger partial charge is 0.253 e. The lowest BCUT2D eigenvalue weighted by molar-refractivity contribution is -0.125. The van der Waals surface area contributed by atoms with Crippen LogP contribution >= 0.6 is 0 Å². The third-order valence-electron chi connectivity index (χ3n) is 8.11. The van der Waals surface area contributed by atoms with Gasteiger partial charge in [-0.25, -0.2) is 21.5 Å². The number of carbonyl (C=O) groups excluding carboxylic acids is 2. The average Bonchev–Trinajstić information content (AvgIpc) is 3.13. The summed E-state index contributed by atoms with van der Waals surface area (Å²) in [6.45, 7) is 4.74. The summed E-state index contributed by atoms with van der Waals surface area (Å²) < 4.78 is 54.4. The lowest BCUT2D eigenvalue weighted by Gasteiger charge is -2.34. The number of benzene rings is 1. The van der Waals surface area contributed by atoms with Crippen molar-refractivity contribution in [3.05, 3.63) is 29.3 Å².